The minimum atomic E-state index is -3.15. The Bertz CT molecular complexity index is 465. The van der Waals surface area contributed by atoms with Crippen LogP contribution in [0.3, 0.4) is 0 Å². The summed E-state index contributed by atoms with van der Waals surface area (Å²) >= 11 is 4.88. The minimum absolute atomic E-state index is 0.0975. The Morgan fingerprint density at radius 2 is 2.25 bits per heavy atom. The standard InChI is InChI=1S/C10H14BrNO2S2/c1-12(6-8-2-3-8)16(13,14)7-9-4-5-15-10(9)11/h4-5,8H,2-3,6-7H2,1H3. The van der Waals surface area contributed by atoms with Crippen LogP contribution < -0.4 is 0 Å². The molecule has 0 saturated heterocycles. The van der Waals surface area contributed by atoms with Crippen molar-refractivity contribution in [2.24, 2.45) is 5.92 Å². The fraction of sp³-hybridized carbons (Fsp3) is 0.600. The van der Waals surface area contributed by atoms with Gasteiger partial charge in [0.2, 0.25) is 10.0 Å². The van der Waals surface area contributed by atoms with Crippen LogP contribution in [-0.4, -0.2) is 26.3 Å². The van der Waals surface area contributed by atoms with Crippen molar-refractivity contribution in [2.75, 3.05) is 13.6 Å². The molecule has 0 spiro atoms. The molecule has 1 fully saturated rings. The first-order valence-electron chi connectivity index (χ1n) is 5.15. The van der Waals surface area contributed by atoms with Gasteiger partial charge in [-0.05, 0) is 51.7 Å². The highest BCUT2D eigenvalue weighted by Crippen LogP contribution is 2.31. The molecule has 0 unspecified atom stereocenters. The van der Waals surface area contributed by atoms with Gasteiger partial charge in [-0.15, -0.1) is 11.3 Å². The zero-order chi connectivity index (χ0) is 11.8. The van der Waals surface area contributed by atoms with E-state index in [-0.39, 0.29) is 5.75 Å². The number of thiophene rings is 1. The van der Waals surface area contributed by atoms with Crippen LogP contribution in [0.1, 0.15) is 18.4 Å². The predicted molar refractivity (Wildman–Crippen MR) is 70.0 cm³/mol. The van der Waals surface area contributed by atoms with E-state index in [1.807, 2.05) is 11.4 Å². The molecule has 0 atom stereocenters. The Labute approximate surface area is 109 Å². The van der Waals surface area contributed by atoms with Gasteiger partial charge in [0.25, 0.3) is 0 Å². The number of hydrogen-bond donors (Lipinski definition) is 0. The lowest BCUT2D eigenvalue weighted by Crippen LogP contribution is -2.30. The molecule has 0 bridgehead atoms. The Hall–Kier alpha value is 0.0900. The summed E-state index contributed by atoms with van der Waals surface area (Å²) in [5, 5.41) is 1.90. The fourth-order valence-electron chi connectivity index (χ4n) is 1.51. The maximum atomic E-state index is 12.0. The maximum absolute atomic E-state index is 12.0. The van der Waals surface area contributed by atoms with Crippen molar-refractivity contribution >= 4 is 37.3 Å². The molecule has 1 aromatic heterocycles. The third kappa shape index (κ3) is 3.06. The van der Waals surface area contributed by atoms with Gasteiger partial charge in [-0.3, -0.25) is 0 Å². The number of sulfonamides is 1. The quantitative estimate of drug-likeness (QED) is 0.835. The molecule has 3 nitrogen and oxygen atoms in total. The van der Waals surface area contributed by atoms with E-state index in [2.05, 4.69) is 15.9 Å². The molecular formula is C10H14BrNO2S2. The first-order chi connectivity index (χ1) is 7.49. The summed E-state index contributed by atoms with van der Waals surface area (Å²) in [7, 11) is -1.48. The van der Waals surface area contributed by atoms with Crippen molar-refractivity contribution < 1.29 is 8.42 Å². The van der Waals surface area contributed by atoms with Gasteiger partial charge in [0.15, 0.2) is 0 Å². The second-order valence-corrected chi connectivity index (χ2v) is 8.51. The lowest BCUT2D eigenvalue weighted by molar-refractivity contribution is 0.452. The van der Waals surface area contributed by atoms with Crippen molar-refractivity contribution in [3.8, 4) is 0 Å². The summed E-state index contributed by atoms with van der Waals surface area (Å²) in [6.07, 6.45) is 2.34. The molecular weight excluding hydrogens is 310 g/mol. The third-order valence-corrected chi connectivity index (χ3v) is 6.30. The largest absolute Gasteiger partial charge is 0.218 e. The van der Waals surface area contributed by atoms with Gasteiger partial charge < -0.3 is 0 Å². The van der Waals surface area contributed by atoms with Crippen molar-refractivity contribution in [1.29, 1.82) is 0 Å². The second kappa shape index (κ2) is 4.76. The molecule has 1 aliphatic carbocycles. The van der Waals surface area contributed by atoms with Gasteiger partial charge in [0.05, 0.1) is 9.54 Å². The monoisotopic (exact) mass is 323 g/mol. The lowest BCUT2D eigenvalue weighted by Gasteiger charge is -2.16. The van der Waals surface area contributed by atoms with E-state index in [9.17, 15) is 8.42 Å². The van der Waals surface area contributed by atoms with Crippen LogP contribution in [-0.2, 0) is 15.8 Å². The SMILES string of the molecule is CN(CC1CC1)S(=O)(=O)Cc1ccsc1Br. The van der Waals surface area contributed by atoms with Gasteiger partial charge in [0, 0.05) is 13.6 Å². The van der Waals surface area contributed by atoms with Gasteiger partial charge >= 0.3 is 0 Å². The number of nitrogens with zero attached hydrogens (tertiary/aromatic N) is 1. The van der Waals surface area contributed by atoms with E-state index in [4.69, 9.17) is 0 Å². The van der Waals surface area contributed by atoms with Crippen LogP contribution in [0.25, 0.3) is 0 Å². The van der Waals surface area contributed by atoms with Gasteiger partial charge in [-0.1, -0.05) is 0 Å². The highest BCUT2D eigenvalue weighted by molar-refractivity contribution is 9.11. The van der Waals surface area contributed by atoms with E-state index in [0.29, 0.717) is 12.5 Å². The number of hydrogen-bond acceptors (Lipinski definition) is 3. The first kappa shape index (κ1) is 12.5. The van der Waals surface area contributed by atoms with Crippen LogP contribution in [0.4, 0.5) is 0 Å². The van der Waals surface area contributed by atoms with E-state index in [1.54, 1.807) is 7.05 Å². The predicted octanol–water partition coefficient (Wildman–Crippen LogP) is 2.68. The summed E-state index contributed by atoms with van der Waals surface area (Å²) in [6.45, 7) is 0.671. The molecule has 0 radical (unpaired) electrons. The van der Waals surface area contributed by atoms with Crippen molar-refractivity contribution in [3.63, 3.8) is 0 Å². The summed E-state index contributed by atoms with van der Waals surface area (Å²) in [5.41, 5.74) is 0.854. The molecule has 16 heavy (non-hydrogen) atoms. The normalized spacial score (nSPS) is 16.9. The Morgan fingerprint density at radius 1 is 1.56 bits per heavy atom. The van der Waals surface area contributed by atoms with E-state index < -0.39 is 10.0 Å². The van der Waals surface area contributed by atoms with Gasteiger partial charge in [-0.2, -0.15) is 0 Å². The third-order valence-electron chi connectivity index (χ3n) is 2.72. The van der Waals surface area contributed by atoms with Crippen LogP contribution in [0, 0.1) is 5.92 Å². The van der Waals surface area contributed by atoms with Crippen molar-refractivity contribution in [1.82, 2.24) is 4.31 Å². The smallest absolute Gasteiger partial charge is 0.212 e. The molecule has 1 aliphatic rings. The maximum Gasteiger partial charge on any atom is 0.218 e. The van der Waals surface area contributed by atoms with Crippen LogP contribution >= 0.6 is 27.3 Å². The van der Waals surface area contributed by atoms with E-state index in [0.717, 1.165) is 9.35 Å². The summed E-state index contributed by atoms with van der Waals surface area (Å²) in [6, 6.07) is 1.86. The van der Waals surface area contributed by atoms with Crippen LogP contribution in [0.15, 0.2) is 15.2 Å². The van der Waals surface area contributed by atoms with E-state index in [1.165, 1.54) is 28.5 Å². The number of rotatable bonds is 5. The summed E-state index contributed by atoms with van der Waals surface area (Å²) < 4.78 is 26.5. The molecule has 2 rings (SSSR count). The molecule has 1 aromatic rings. The Morgan fingerprint density at radius 3 is 2.75 bits per heavy atom. The Kier molecular flexibility index (Phi) is 3.73. The zero-order valence-corrected chi connectivity index (χ0v) is 12.2. The average Bonchev–Trinajstić information content (AvgIpc) is 2.92. The second-order valence-electron chi connectivity index (χ2n) is 4.20. The fourth-order valence-corrected chi connectivity index (χ4v) is 4.31. The highest BCUT2D eigenvalue weighted by atomic mass is 79.9. The van der Waals surface area contributed by atoms with Crippen molar-refractivity contribution in [2.45, 2.75) is 18.6 Å². The molecule has 0 aromatic carbocycles. The zero-order valence-electron chi connectivity index (χ0n) is 9.02. The van der Waals surface area contributed by atoms with Crippen molar-refractivity contribution in [3.05, 3.63) is 20.8 Å². The van der Waals surface area contributed by atoms with E-state index >= 15 is 0 Å². The highest BCUT2D eigenvalue weighted by Gasteiger charge is 2.28. The molecule has 1 saturated carbocycles. The molecule has 0 amide bonds. The molecule has 6 heteroatoms. The van der Waals surface area contributed by atoms with Crippen LogP contribution in [0.5, 0.6) is 0 Å². The summed E-state index contributed by atoms with van der Waals surface area (Å²) in [4.78, 5) is 0. The first-order valence-corrected chi connectivity index (χ1v) is 8.43. The van der Waals surface area contributed by atoms with Gasteiger partial charge in [0.1, 0.15) is 0 Å². The molecule has 90 valence electrons. The van der Waals surface area contributed by atoms with Gasteiger partial charge in [-0.25, -0.2) is 12.7 Å². The minimum Gasteiger partial charge on any atom is -0.212 e. The molecule has 0 N–H and O–H groups in total. The average molecular weight is 324 g/mol. The topological polar surface area (TPSA) is 37.4 Å². The summed E-state index contributed by atoms with van der Waals surface area (Å²) in [5.74, 6) is 0.686. The number of halogens is 1. The van der Waals surface area contributed by atoms with Crippen LogP contribution in [0.2, 0.25) is 0 Å². The molecule has 1 heterocycles. The molecule has 0 aliphatic heterocycles. The Balaban J connectivity index is 2.04. The lowest BCUT2D eigenvalue weighted by atomic mass is 10.4.